The summed E-state index contributed by atoms with van der Waals surface area (Å²) >= 11 is 0. The molecule has 0 aromatic heterocycles. The summed E-state index contributed by atoms with van der Waals surface area (Å²) in [6.07, 6.45) is -7.77. The molecule has 11 heteroatoms. The van der Waals surface area contributed by atoms with Crippen molar-refractivity contribution in [3.63, 3.8) is 0 Å². The van der Waals surface area contributed by atoms with E-state index in [4.69, 9.17) is 9.84 Å². The average Bonchev–Trinajstić information content (AvgIpc) is 2.37. The van der Waals surface area contributed by atoms with E-state index < -0.39 is 60.9 Å². The van der Waals surface area contributed by atoms with Crippen molar-refractivity contribution in [2.75, 3.05) is 6.61 Å². The summed E-state index contributed by atoms with van der Waals surface area (Å²) in [6.45, 7) is -0.684. The maximum Gasteiger partial charge on any atom is 0.328 e. The van der Waals surface area contributed by atoms with E-state index in [-0.39, 0.29) is 29.6 Å². The first-order chi connectivity index (χ1) is 9.36. The van der Waals surface area contributed by atoms with Gasteiger partial charge in [-0.1, -0.05) is 0 Å². The monoisotopic (exact) mass is 313 g/mol. The van der Waals surface area contributed by atoms with E-state index in [0.717, 1.165) is 0 Å². The Kier molecular flexibility index (Phi) is 6.25. The third kappa shape index (κ3) is 3.43. The first kappa shape index (κ1) is 18.5. The average molecular weight is 313 g/mol. The second-order valence-electron chi connectivity index (χ2n) is 4.58. The van der Waals surface area contributed by atoms with Crippen molar-refractivity contribution < 1.29 is 39.5 Å². The number of aliphatic hydroxyl groups excluding tert-OH is 4. The van der Waals surface area contributed by atoms with Crippen molar-refractivity contribution in [1.29, 1.82) is 0 Å². The number of hydrogen-bond donors (Lipinski definition) is 6. The van der Waals surface area contributed by atoms with E-state index in [1.165, 1.54) is 0 Å². The van der Waals surface area contributed by atoms with E-state index in [1.807, 2.05) is 10.6 Å². The second kappa shape index (κ2) is 7.11. The summed E-state index contributed by atoms with van der Waals surface area (Å²) in [5.41, 5.74) is 0. The topological polar surface area (TPSA) is 165 Å². The molecule has 2 saturated heterocycles. The van der Waals surface area contributed by atoms with Crippen molar-refractivity contribution in [3.05, 3.63) is 0 Å². The fourth-order valence-electron chi connectivity index (χ4n) is 2.23. The summed E-state index contributed by atoms with van der Waals surface area (Å²) in [4.78, 5) is 34.2. The zero-order valence-corrected chi connectivity index (χ0v) is 13.1. The van der Waals surface area contributed by atoms with Crippen molar-refractivity contribution in [1.82, 2.24) is 10.6 Å². The van der Waals surface area contributed by atoms with Gasteiger partial charge >= 0.3 is 6.03 Å². The van der Waals surface area contributed by atoms with Crippen LogP contribution in [0.2, 0.25) is 0 Å². The molecule has 2 aliphatic heterocycles. The van der Waals surface area contributed by atoms with E-state index in [1.54, 1.807) is 0 Å². The molecule has 0 aromatic rings. The van der Waals surface area contributed by atoms with Crippen LogP contribution in [0.1, 0.15) is 0 Å². The van der Waals surface area contributed by atoms with Crippen LogP contribution < -0.4 is 10.6 Å². The predicted molar refractivity (Wildman–Crippen MR) is 64.7 cm³/mol. The number of aliphatic hydroxyl groups is 4. The van der Waals surface area contributed by atoms with Gasteiger partial charge in [-0.05, 0) is 0 Å². The number of carbonyl (C=O) groups excluding carboxylic acids is 3. The SMILES string of the molecule is O=C1NC(=O)C(C2O[C@H](CO)[C@@H](O)[C@H](O)[C@H]2O)C(=O)N1.[Na]. The molecule has 1 radical (unpaired) electrons. The Labute approximate surface area is 140 Å². The van der Waals surface area contributed by atoms with Crippen LogP contribution in [0.25, 0.3) is 0 Å². The molecule has 0 aromatic carbocycles. The van der Waals surface area contributed by atoms with Gasteiger partial charge in [0.25, 0.3) is 0 Å². The van der Waals surface area contributed by atoms with Crippen LogP contribution in [0.3, 0.4) is 0 Å². The van der Waals surface area contributed by atoms with Gasteiger partial charge in [0.1, 0.15) is 36.4 Å². The first-order valence-electron chi connectivity index (χ1n) is 5.83. The van der Waals surface area contributed by atoms with Crippen LogP contribution >= 0.6 is 0 Å². The number of hydrogen-bond acceptors (Lipinski definition) is 8. The number of amides is 4. The van der Waals surface area contributed by atoms with Gasteiger partial charge in [0, 0.05) is 29.6 Å². The molecule has 0 aliphatic carbocycles. The fourth-order valence-corrected chi connectivity index (χ4v) is 2.23. The van der Waals surface area contributed by atoms with Gasteiger partial charge in [0.2, 0.25) is 11.8 Å². The van der Waals surface area contributed by atoms with Gasteiger partial charge in [-0.25, -0.2) is 4.79 Å². The Hall–Kier alpha value is -0.590. The number of rotatable bonds is 2. The normalized spacial score (nSPS) is 37.5. The van der Waals surface area contributed by atoms with E-state index in [0.29, 0.717) is 0 Å². The van der Waals surface area contributed by atoms with E-state index in [9.17, 15) is 29.7 Å². The zero-order valence-electron chi connectivity index (χ0n) is 11.1. The number of nitrogens with one attached hydrogen (secondary N) is 2. The first-order valence-corrected chi connectivity index (χ1v) is 5.83. The molecule has 4 amide bonds. The molecule has 2 rings (SSSR count). The molecule has 0 spiro atoms. The number of barbiturate groups is 1. The number of urea groups is 1. The van der Waals surface area contributed by atoms with Gasteiger partial charge in [0.15, 0.2) is 0 Å². The van der Waals surface area contributed by atoms with E-state index >= 15 is 0 Å². The Morgan fingerprint density at radius 3 is 1.95 bits per heavy atom. The molecule has 10 nitrogen and oxygen atoms in total. The maximum absolute atomic E-state index is 11.7. The maximum atomic E-state index is 11.7. The van der Waals surface area contributed by atoms with Gasteiger partial charge in [-0.15, -0.1) is 0 Å². The summed E-state index contributed by atoms with van der Waals surface area (Å²) in [6, 6.07) is -0.999. The molecule has 2 heterocycles. The van der Waals surface area contributed by atoms with Crippen molar-refractivity contribution in [2.24, 2.45) is 5.92 Å². The molecule has 1 unspecified atom stereocenters. The molecular formula is C10H14N2NaO8. The number of imide groups is 2. The number of ether oxygens (including phenoxy) is 1. The zero-order chi connectivity index (χ0) is 15.0. The largest absolute Gasteiger partial charge is 0.394 e. The molecule has 2 aliphatic rings. The second-order valence-corrected chi connectivity index (χ2v) is 4.58. The van der Waals surface area contributed by atoms with E-state index in [2.05, 4.69) is 0 Å². The van der Waals surface area contributed by atoms with Gasteiger partial charge in [-0.2, -0.15) is 0 Å². The van der Waals surface area contributed by atoms with Crippen LogP contribution in [-0.2, 0) is 14.3 Å². The minimum Gasteiger partial charge on any atom is -0.394 e. The third-order valence-electron chi connectivity index (χ3n) is 3.30. The van der Waals surface area contributed by atoms with Crippen LogP contribution in [0.4, 0.5) is 4.79 Å². The number of carbonyl (C=O) groups is 3. The van der Waals surface area contributed by atoms with Gasteiger partial charge < -0.3 is 25.2 Å². The Morgan fingerprint density at radius 2 is 1.48 bits per heavy atom. The predicted octanol–water partition coefficient (Wildman–Crippen LogP) is -4.57. The Morgan fingerprint density at radius 1 is 0.952 bits per heavy atom. The quantitative estimate of drug-likeness (QED) is 0.219. The molecule has 0 bridgehead atoms. The summed E-state index contributed by atoms with van der Waals surface area (Å²) in [5, 5.41) is 41.7. The molecule has 0 saturated carbocycles. The molecule has 2 fully saturated rings. The van der Waals surface area contributed by atoms with Crippen LogP contribution in [0, 0.1) is 5.92 Å². The minimum absolute atomic E-state index is 0. The van der Waals surface area contributed by atoms with Crippen LogP contribution in [0.15, 0.2) is 0 Å². The van der Waals surface area contributed by atoms with Crippen LogP contribution in [-0.4, -0.2) is 105 Å². The van der Waals surface area contributed by atoms with Crippen molar-refractivity contribution in [2.45, 2.75) is 30.5 Å². The minimum atomic E-state index is -1.73. The van der Waals surface area contributed by atoms with Gasteiger partial charge in [-0.3, -0.25) is 20.2 Å². The molecular weight excluding hydrogens is 299 g/mol. The Balaban J connectivity index is 0.00000220. The molecule has 21 heavy (non-hydrogen) atoms. The third-order valence-corrected chi connectivity index (χ3v) is 3.30. The van der Waals surface area contributed by atoms with Gasteiger partial charge in [0.05, 0.1) is 6.61 Å². The summed E-state index contributed by atoms with van der Waals surface area (Å²) < 4.78 is 5.10. The standard InChI is InChI=1S/C10H14N2O8.Na/c13-1-2-4(14)5(15)6(16)7(20-2)3-8(17)11-10(19)12-9(3)18;/h2-7,13-16H,1H2,(H2,11,12,17,18,19);/t2-,4-,5+,6-,7?;/m1./s1. The molecule has 6 N–H and O–H groups in total. The van der Waals surface area contributed by atoms with Crippen molar-refractivity contribution in [3.8, 4) is 0 Å². The smallest absolute Gasteiger partial charge is 0.328 e. The summed E-state index contributed by atoms with van der Waals surface area (Å²) in [7, 11) is 0. The molecule has 5 atom stereocenters. The Bertz CT molecular complexity index is 425. The molecule has 113 valence electrons. The van der Waals surface area contributed by atoms with Crippen LogP contribution in [0.5, 0.6) is 0 Å². The summed E-state index contributed by atoms with van der Waals surface area (Å²) in [5.74, 6) is -3.58. The fraction of sp³-hybridized carbons (Fsp3) is 0.700. The van der Waals surface area contributed by atoms with Crippen molar-refractivity contribution >= 4 is 47.4 Å².